The molecule has 9 nitrogen and oxygen atoms in total. The van der Waals surface area contributed by atoms with Gasteiger partial charge in [-0.15, -0.1) is 0 Å². The Balaban J connectivity index is 1.50. The van der Waals surface area contributed by atoms with Crippen molar-refractivity contribution in [2.45, 2.75) is 38.3 Å². The van der Waals surface area contributed by atoms with E-state index in [0.717, 1.165) is 34.5 Å². The summed E-state index contributed by atoms with van der Waals surface area (Å²) in [5, 5.41) is 0. The smallest absolute Gasteiger partial charge is 0.284 e. The van der Waals surface area contributed by atoms with Crippen molar-refractivity contribution < 1.29 is 27.1 Å². The largest absolute Gasteiger partial charge is 0.491 e. The molecule has 40 heavy (non-hydrogen) atoms. The fourth-order valence-electron chi connectivity index (χ4n) is 5.16. The molecule has 1 aliphatic rings. The SMILES string of the molecule is CCc1c(C(=O)N2CCOc3ccc(-c4ccc5nc(C(N)=O)n(CC)c5c4)cc3C2)ccc(S(C)(=O)=O)c1F. The predicted molar refractivity (Wildman–Crippen MR) is 148 cm³/mol. The molecule has 2 heterocycles. The van der Waals surface area contributed by atoms with Crippen molar-refractivity contribution in [3.8, 4) is 16.9 Å². The van der Waals surface area contributed by atoms with Crippen LogP contribution in [-0.4, -0.2) is 54.1 Å². The fraction of sp³-hybridized carbons (Fsp3) is 0.276. The third-order valence-electron chi connectivity index (χ3n) is 7.14. The highest BCUT2D eigenvalue weighted by Crippen LogP contribution is 2.32. The molecule has 5 rings (SSSR count). The van der Waals surface area contributed by atoms with E-state index in [1.807, 2.05) is 43.3 Å². The third-order valence-corrected chi connectivity index (χ3v) is 8.25. The van der Waals surface area contributed by atoms with Crippen molar-refractivity contribution >= 4 is 32.7 Å². The minimum atomic E-state index is -3.78. The molecule has 0 saturated heterocycles. The highest BCUT2D eigenvalue weighted by atomic mass is 32.2. The zero-order valence-corrected chi connectivity index (χ0v) is 23.2. The second-order valence-electron chi connectivity index (χ2n) is 9.67. The number of sulfone groups is 1. The number of halogens is 1. The van der Waals surface area contributed by atoms with E-state index in [4.69, 9.17) is 10.5 Å². The van der Waals surface area contributed by atoms with E-state index >= 15 is 4.39 Å². The first-order chi connectivity index (χ1) is 19.0. The first-order valence-corrected chi connectivity index (χ1v) is 14.8. The zero-order chi connectivity index (χ0) is 28.8. The first kappa shape index (κ1) is 27.3. The number of ether oxygens (including phenoxy) is 1. The standard InChI is InChI=1S/C29H29FN4O5S/c1-4-20-21(8-11-25(26(20)30)40(3,37)38)29(36)33-12-13-39-24-10-7-17(14-19(24)16-33)18-6-9-22-23(15-18)34(5-2)28(32-22)27(31)35/h6-11,14-15H,4-5,12-13,16H2,1-3H3,(H2,31,35). The maximum Gasteiger partial charge on any atom is 0.284 e. The molecular formula is C29H29FN4O5S. The molecule has 0 unspecified atom stereocenters. The second-order valence-corrected chi connectivity index (χ2v) is 11.7. The third kappa shape index (κ3) is 4.81. The van der Waals surface area contributed by atoms with Crippen LogP contribution in [-0.2, 0) is 29.3 Å². The van der Waals surface area contributed by atoms with Gasteiger partial charge in [-0.25, -0.2) is 17.8 Å². The van der Waals surface area contributed by atoms with Crippen LogP contribution in [0.1, 0.15) is 46.0 Å². The Morgan fingerprint density at radius 1 is 1.07 bits per heavy atom. The van der Waals surface area contributed by atoms with Crippen LogP contribution in [0.2, 0.25) is 0 Å². The van der Waals surface area contributed by atoms with Crippen molar-refractivity contribution in [2.24, 2.45) is 5.73 Å². The van der Waals surface area contributed by atoms with E-state index in [0.29, 0.717) is 17.8 Å². The van der Waals surface area contributed by atoms with Crippen LogP contribution in [0, 0.1) is 5.82 Å². The number of nitrogens with two attached hydrogens (primary N) is 1. The summed E-state index contributed by atoms with van der Waals surface area (Å²) in [7, 11) is -3.78. The summed E-state index contributed by atoms with van der Waals surface area (Å²) in [6, 6.07) is 13.9. The number of aromatic nitrogens is 2. The molecular weight excluding hydrogens is 535 g/mol. The summed E-state index contributed by atoms with van der Waals surface area (Å²) in [5.74, 6) is -1.03. The number of carbonyl (C=O) groups is 2. The van der Waals surface area contributed by atoms with Gasteiger partial charge in [0.2, 0.25) is 0 Å². The van der Waals surface area contributed by atoms with Gasteiger partial charge in [-0.1, -0.05) is 19.1 Å². The van der Waals surface area contributed by atoms with Crippen molar-refractivity contribution in [2.75, 3.05) is 19.4 Å². The molecule has 0 fully saturated rings. The van der Waals surface area contributed by atoms with Crippen LogP contribution in [0.3, 0.4) is 0 Å². The van der Waals surface area contributed by atoms with Crippen LogP contribution >= 0.6 is 0 Å². The molecule has 2 amide bonds. The molecule has 11 heteroatoms. The monoisotopic (exact) mass is 564 g/mol. The van der Waals surface area contributed by atoms with E-state index in [9.17, 15) is 18.0 Å². The molecule has 0 bridgehead atoms. The van der Waals surface area contributed by atoms with E-state index in [2.05, 4.69) is 4.98 Å². The van der Waals surface area contributed by atoms with Crippen molar-refractivity contribution in [3.63, 3.8) is 0 Å². The molecule has 0 spiro atoms. The van der Waals surface area contributed by atoms with Crippen molar-refractivity contribution in [1.82, 2.24) is 14.5 Å². The molecule has 0 atom stereocenters. The molecule has 208 valence electrons. The normalized spacial score (nSPS) is 13.6. The minimum Gasteiger partial charge on any atom is -0.491 e. The number of carbonyl (C=O) groups excluding carboxylic acids is 2. The van der Waals surface area contributed by atoms with Gasteiger partial charge in [-0.2, -0.15) is 0 Å². The van der Waals surface area contributed by atoms with Crippen LogP contribution in [0.5, 0.6) is 5.75 Å². The molecule has 0 saturated carbocycles. The lowest BCUT2D eigenvalue weighted by Crippen LogP contribution is -2.33. The summed E-state index contributed by atoms with van der Waals surface area (Å²) in [6.07, 6.45) is 1.10. The lowest BCUT2D eigenvalue weighted by Gasteiger charge is -2.22. The van der Waals surface area contributed by atoms with Crippen LogP contribution in [0.25, 0.3) is 22.2 Å². The number of hydrogen-bond donors (Lipinski definition) is 1. The van der Waals surface area contributed by atoms with Gasteiger partial charge in [0.05, 0.1) is 17.6 Å². The molecule has 2 N–H and O–H groups in total. The van der Waals surface area contributed by atoms with Gasteiger partial charge in [0.1, 0.15) is 23.1 Å². The van der Waals surface area contributed by atoms with Gasteiger partial charge >= 0.3 is 0 Å². The van der Waals surface area contributed by atoms with Crippen molar-refractivity contribution in [1.29, 1.82) is 0 Å². The summed E-state index contributed by atoms with van der Waals surface area (Å²) in [5.41, 5.74) is 9.70. The van der Waals surface area contributed by atoms with Crippen LogP contribution in [0.15, 0.2) is 53.4 Å². The molecule has 4 aromatic rings. The van der Waals surface area contributed by atoms with E-state index in [-0.39, 0.29) is 43.1 Å². The molecule has 3 aromatic carbocycles. The van der Waals surface area contributed by atoms with Gasteiger partial charge in [0.15, 0.2) is 15.7 Å². The average Bonchev–Trinajstić information content (AvgIpc) is 3.16. The van der Waals surface area contributed by atoms with Gasteiger partial charge < -0.3 is 19.9 Å². The Labute approximate surface area is 231 Å². The highest BCUT2D eigenvalue weighted by molar-refractivity contribution is 7.90. The number of imidazole rings is 1. The quantitative estimate of drug-likeness (QED) is 0.378. The van der Waals surface area contributed by atoms with Crippen LogP contribution in [0.4, 0.5) is 4.39 Å². The number of aryl methyl sites for hydroxylation is 1. The van der Waals surface area contributed by atoms with Crippen molar-refractivity contribution in [3.05, 3.63) is 76.9 Å². The van der Waals surface area contributed by atoms with E-state index in [1.54, 1.807) is 16.4 Å². The van der Waals surface area contributed by atoms with Gasteiger partial charge in [0.25, 0.3) is 11.8 Å². The second kappa shape index (κ2) is 10.4. The summed E-state index contributed by atoms with van der Waals surface area (Å²) >= 11 is 0. The summed E-state index contributed by atoms with van der Waals surface area (Å²) in [6.45, 7) is 4.87. The number of fused-ring (bicyclic) bond motifs is 2. The topological polar surface area (TPSA) is 125 Å². The number of rotatable bonds is 6. The Morgan fingerprint density at radius 2 is 1.80 bits per heavy atom. The maximum atomic E-state index is 15.1. The molecule has 0 radical (unpaired) electrons. The highest BCUT2D eigenvalue weighted by Gasteiger charge is 2.27. The van der Waals surface area contributed by atoms with Gasteiger partial charge in [0, 0.05) is 36.0 Å². The maximum absolute atomic E-state index is 15.1. The van der Waals surface area contributed by atoms with Gasteiger partial charge in [-0.05, 0) is 60.9 Å². The number of hydrogen-bond acceptors (Lipinski definition) is 6. The zero-order valence-electron chi connectivity index (χ0n) is 22.4. The lowest BCUT2D eigenvalue weighted by atomic mass is 10.0. The molecule has 0 aliphatic carbocycles. The summed E-state index contributed by atoms with van der Waals surface area (Å²) in [4.78, 5) is 31.0. The Hall–Kier alpha value is -4.25. The van der Waals surface area contributed by atoms with Gasteiger partial charge in [-0.3, -0.25) is 9.59 Å². The number of benzene rings is 3. The van der Waals surface area contributed by atoms with E-state index < -0.39 is 32.4 Å². The van der Waals surface area contributed by atoms with Crippen LogP contribution < -0.4 is 10.5 Å². The fourth-order valence-corrected chi connectivity index (χ4v) is 5.92. The lowest BCUT2D eigenvalue weighted by molar-refractivity contribution is 0.0731. The Kier molecular flexibility index (Phi) is 7.09. The average molecular weight is 565 g/mol. The Bertz CT molecular complexity index is 1780. The number of amides is 2. The summed E-state index contributed by atoms with van der Waals surface area (Å²) < 4.78 is 46.8. The number of primary amides is 1. The molecule has 1 aliphatic heterocycles. The van der Waals surface area contributed by atoms with E-state index in [1.165, 1.54) is 6.07 Å². The minimum absolute atomic E-state index is 0.0724. The predicted octanol–water partition coefficient (Wildman–Crippen LogP) is 3.96. The molecule has 1 aromatic heterocycles. The first-order valence-electron chi connectivity index (χ1n) is 12.9. The Morgan fingerprint density at radius 3 is 2.48 bits per heavy atom. The number of nitrogens with zero attached hydrogens (tertiary/aromatic N) is 3.